The average molecular weight is 330 g/mol. The summed E-state index contributed by atoms with van der Waals surface area (Å²) in [6.45, 7) is 5.64. The first-order valence-electron chi connectivity index (χ1n) is 8.63. The Bertz CT molecular complexity index is 633. The summed E-state index contributed by atoms with van der Waals surface area (Å²) in [5, 5.41) is 19.3. The third kappa shape index (κ3) is 3.94. The number of hydrogen-bond donors (Lipinski definition) is 1. The Morgan fingerprint density at radius 2 is 1.96 bits per heavy atom. The smallest absolute Gasteiger partial charge is 0.118 e. The van der Waals surface area contributed by atoms with Gasteiger partial charge in [-0.1, -0.05) is 12.1 Å². The Kier molecular flexibility index (Phi) is 5.48. The van der Waals surface area contributed by atoms with E-state index in [1.165, 1.54) is 0 Å². The molecule has 1 aliphatic rings. The van der Waals surface area contributed by atoms with Crippen molar-refractivity contribution >= 4 is 0 Å². The summed E-state index contributed by atoms with van der Waals surface area (Å²) in [6, 6.07) is 7.73. The SMILES string of the molecule is CCn1ncc(CN2CCC(C(O)c3ccc(OC)cc3)CC2)n1. The zero-order valence-corrected chi connectivity index (χ0v) is 14.4. The molecule has 2 aromatic rings. The zero-order chi connectivity index (χ0) is 16.9. The number of likely N-dealkylation sites (tertiary alicyclic amines) is 1. The molecule has 1 aromatic heterocycles. The van der Waals surface area contributed by atoms with E-state index in [1.807, 2.05) is 37.4 Å². The van der Waals surface area contributed by atoms with Crippen LogP contribution in [0.5, 0.6) is 5.75 Å². The topological polar surface area (TPSA) is 63.4 Å². The van der Waals surface area contributed by atoms with Crippen LogP contribution in [0.3, 0.4) is 0 Å². The van der Waals surface area contributed by atoms with E-state index in [0.29, 0.717) is 5.92 Å². The third-order valence-corrected chi connectivity index (χ3v) is 4.79. The van der Waals surface area contributed by atoms with E-state index in [1.54, 1.807) is 11.9 Å². The highest BCUT2D eigenvalue weighted by molar-refractivity contribution is 5.28. The van der Waals surface area contributed by atoms with Crippen LogP contribution in [0.1, 0.15) is 37.1 Å². The van der Waals surface area contributed by atoms with Crippen LogP contribution >= 0.6 is 0 Å². The molecule has 1 aliphatic heterocycles. The van der Waals surface area contributed by atoms with Crippen molar-refractivity contribution in [2.45, 2.75) is 39.0 Å². The predicted molar refractivity (Wildman–Crippen MR) is 91.7 cm³/mol. The van der Waals surface area contributed by atoms with Crippen LogP contribution < -0.4 is 4.74 Å². The van der Waals surface area contributed by atoms with Crippen LogP contribution in [0.4, 0.5) is 0 Å². The lowest BCUT2D eigenvalue weighted by Gasteiger charge is -2.34. The van der Waals surface area contributed by atoms with Gasteiger partial charge in [0, 0.05) is 6.54 Å². The van der Waals surface area contributed by atoms with E-state index in [0.717, 1.165) is 56.0 Å². The second-order valence-electron chi connectivity index (χ2n) is 6.36. The molecular formula is C18H26N4O2. The Morgan fingerprint density at radius 1 is 1.25 bits per heavy atom. The molecule has 0 aliphatic carbocycles. The van der Waals surface area contributed by atoms with Crippen molar-refractivity contribution in [2.75, 3.05) is 20.2 Å². The number of rotatable bonds is 6. The second-order valence-corrected chi connectivity index (χ2v) is 6.36. The molecule has 1 fully saturated rings. The highest BCUT2D eigenvalue weighted by atomic mass is 16.5. The standard InChI is InChI=1S/C18H26N4O2/c1-3-22-19-12-16(20-22)13-21-10-8-15(9-11-21)18(23)14-4-6-17(24-2)7-5-14/h4-7,12,15,18,23H,3,8-11,13H2,1-2H3. The number of piperidine rings is 1. The van der Waals surface area contributed by atoms with Crippen molar-refractivity contribution in [1.82, 2.24) is 19.9 Å². The Balaban J connectivity index is 1.52. The number of methoxy groups -OCH3 is 1. The zero-order valence-electron chi connectivity index (χ0n) is 14.4. The van der Waals surface area contributed by atoms with Gasteiger partial charge in [0.15, 0.2) is 0 Å². The molecule has 0 spiro atoms. The van der Waals surface area contributed by atoms with E-state index in [-0.39, 0.29) is 0 Å². The van der Waals surface area contributed by atoms with E-state index < -0.39 is 6.10 Å². The van der Waals surface area contributed by atoms with Crippen molar-refractivity contribution in [2.24, 2.45) is 5.92 Å². The number of aryl methyl sites for hydroxylation is 1. The van der Waals surface area contributed by atoms with E-state index >= 15 is 0 Å². The minimum absolute atomic E-state index is 0.306. The summed E-state index contributed by atoms with van der Waals surface area (Å²) in [5.74, 6) is 1.13. The van der Waals surface area contributed by atoms with Gasteiger partial charge >= 0.3 is 0 Å². The molecule has 1 unspecified atom stereocenters. The van der Waals surface area contributed by atoms with Gasteiger partial charge < -0.3 is 9.84 Å². The van der Waals surface area contributed by atoms with Crippen molar-refractivity contribution in [3.8, 4) is 5.75 Å². The fourth-order valence-electron chi connectivity index (χ4n) is 3.29. The molecule has 6 heteroatoms. The Hall–Kier alpha value is -1.92. The maximum atomic E-state index is 10.6. The van der Waals surface area contributed by atoms with Gasteiger partial charge in [-0.05, 0) is 56.5 Å². The second kappa shape index (κ2) is 7.77. The minimum atomic E-state index is -0.404. The molecule has 1 saturated heterocycles. The van der Waals surface area contributed by atoms with Crippen molar-refractivity contribution in [3.63, 3.8) is 0 Å². The lowest BCUT2D eigenvalue weighted by atomic mass is 9.87. The molecular weight excluding hydrogens is 304 g/mol. The minimum Gasteiger partial charge on any atom is -0.497 e. The number of aliphatic hydroxyl groups excluding tert-OH is 1. The predicted octanol–water partition coefficient (Wildman–Crippen LogP) is 2.25. The van der Waals surface area contributed by atoms with Crippen LogP contribution in [0.15, 0.2) is 30.5 Å². The molecule has 1 N–H and O–H groups in total. The molecule has 0 bridgehead atoms. The van der Waals surface area contributed by atoms with Gasteiger partial charge in [-0.3, -0.25) is 4.90 Å². The van der Waals surface area contributed by atoms with Gasteiger partial charge in [0.05, 0.1) is 31.6 Å². The molecule has 2 heterocycles. The Morgan fingerprint density at radius 3 is 2.54 bits per heavy atom. The van der Waals surface area contributed by atoms with Gasteiger partial charge in [-0.15, -0.1) is 0 Å². The highest BCUT2D eigenvalue weighted by Crippen LogP contribution is 2.31. The lowest BCUT2D eigenvalue weighted by molar-refractivity contribution is 0.0563. The first-order valence-corrected chi connectivity index (χ1v) is 8.63. The number of nitrogens with zero attached hydrogens (tertiary/aromatic N) is 4. The van der Waals surface area contributed by atoms with Crippen LogP contribution in [-0.2, 0) is 13.1 Å². The number of ether oxygens (including phenoxy) is 1. The molecule has 3 rings (SSSR count). The lowest BCUT2D eigenvalue weighted by Crippen LogP contribution is -2.35. The molecule has 130 valence electrons. The van der Waals surface area contributed by atoms with Gasteiger partial charge in [0.2, 0.25) is 0 Å². The number of aliphatic hydroxyl groups is 1. The largest absolute Gasteiger partial charge is 0.497 e. The van der Waals surface area contributed by atoms with Crippen molar-refractivity contribution in [3.05, 3.63) is 41.7 Å². The molecule has 1 atom stereocenters. The quantitative estimate of drug-likeness (QED) is 0.880. The number of hydrogen-bond acceptors (Lipinski definition) is 5. The van der Waals surface area contributed by atoms with E-state index in [2.05, 4.69) is 15.1 Å². The summed E-state index contributed by atoms with van der Waals surface area (Å²) in [7, 11) is 1.65. The molecule has 0 radical (unpaired) electrons. The fraction of sp³-hybridized carbons (Fsp3) is 0.556. The van der Waals surface area contributed by atoms with Gasteiger partial charge in [0.25, 0.3) is 0 Å². The van der Waals surface area contributed by atoms with Crippen molar-refractivity contribution < 1.29 is 9.84 Å². The van der Waals surface area contributed by atoms with Crippen LogP contribution in [0.25, 0.3) is 0 Å². The van der Waals surface area contributed by atoms with E-state index in [9.17, 15) is 5.11 Å². The fourth-order valence-corrected chi connectivity index (χ4v) is 3.29. The summed E-state index contributed by atoms with van der Waals surface area (Å²) >= 11 is 0. The summed E-state index contributed by atoms with van der Waals surface area (Å²) in [4.78, 5) is 4.11. The van der Waals surface area contributed by atoms with Crippen LogP contribution in [0, 0.1) is 5.92 Å². The molecule has 6 nitrogen and oxygen atoms in total. The third-order valence-electron chi connectivity index (χ3n) is 4.79. The summed E-state index contributed by atoms with van der Waals surface area (Å²) in [6.07, 6.45) is 3.44. The van der Waals surface area contributed by atoms with Crippen LogP contribution in [0.2, 0.25) is 0 Å². The van der Waals surface area contributed by atoms with Gasteiger partial charge in [0.1, 0.15) is 5.75 Å². The summed E-state index contributed by atoms with van der Waals surface area (Å²) < 4.78 is 5.17. The summed E-state index contributed by atoms with van der Waals surface area (Å²) in [5.41, 5.74) is 1.99. The highest BCUT2D eigenvalue weighted by Gasteiger charge is 2.26. The Labute approximate surface area is 143 Å². The first-order chi connectivity index (χ1) is 11.7. The monoisotopic (exact) mass is 330 g/mol. The first kappa shape index (κ1) is 16.9. The van der Waals surface area contributed by atoms with Crippen molar-refractivity contribution in [1.29, 1.82) is 0 Å². The molecule has 0 amide bonds. The van der Waals surface area contributed by atoms with Gasteiger partial charge in [-0.25, -0.2) is 0 Å². The van der Waals surface area contributed by atoms with Gasteiger partial charge in [-0.2, -0.15) is 15.0 Å². The number of benzene rings is 1. The molecule has 24 heavy (non-hydrogen) atoms. The normalized spacial score (nSPS) is 17.8. The number of aromatic nitrogens is 3. The maximum absolute atomic E-state index is 10.6. The van der Waals surface area contributed by atoms with Crippen LogP contribution in [-0.4, -0.2) is 45.2 Å². The maximum Gasteiger partial charge on any atom is 0.118 e. The van der Waals surface area contributed by atoms with E-state index in [4.69, 9.17) is 4.74 Å². The molecule has 1 aromatic carbocycles. The molecule has 0 saturated carbocycles. The average Bonchev–Trinajstić information content (AvgIpc) is 3.09.